The zero-order valence-electron chi connectivity index (χ0n) is 6.19. The topological polar surface area (TPSA) is 98.0 Å². The van der Waals surface area contributed by atoms with E-state index in [0.717, 1.165) is 6.92 Å². The summed E-state index contributed by atoms with van der Waals surface area (Å²) in [5.74, 6) is -1.36. The van der Waals surface area contributed by atoms with E-state index in [4.69, 9.17) is 20.4 Å². The van der Waals surface area contributed by atoms with Crippen LogP contribution < -0.4 is 0 Å². The Kier molecular flexibility index (Phi) is 3.44. The van der Waals surface area contributed by atoms with E-state index in [9.17, 15) is 4.79 Å². The molecule has 1 atom stereocenters. The Morgan fingerprint density at radius 3 is 2.27 bits per heavy atom. The molecular formula is C6H12O5. The molecule has 0 spiro atoms. The van der Waals surface area contributed by atoms with E-state index in [2.05, 4.69) is 0 Å². The molecule has 0 amide bonds. The van der Waals surface area contributed by atoms with Crippen LogP contribution in [0.5, 0.6) is 0 Å². The van der Waals surface area contributed by atoms with Gasteiger partial charge in [-0.25, -0.2) is 4.79 Å². The highest BCUT2D eigenvalue weighted by atomic mass is 16.5. The molecule has 0 aliphatic carbocycles. The Morgan fingerprint density at radius 2 is 2.00 bits per heavy atom. The molecule has 4 N–H and O–H groups in total. The second-order valence-electron chi connectivity index (χ2n) is 2.60. The summed E-state index contributed by atoms with van der Waals surface area (Å²) >= 11 is 0. The zero-order chi connectivity index (χ0) is 9.07. The molecule has 5 nitrogen and oxygen atoms in total. The van der Waals surface area contributed by atoms with Gasteiger partial charge in [-0.05, 0) is 13.3 Å². The summed E-state index contributed by atoms with van der Waals surface area (Å²) in [7, 11) is 0. The number of aliphatic hydroxyl groups excluding tert-OH is 1. The molecule has 0 heterocycles. The lowest BCUT2D eigenvalue weighted by molar-refractivity contribution is -0.159. The lowest BCUT2D eigenvalue weighted by atomic mass is 10.0. The minimum atomic E-state index is -1.87. The minimum absolute atomic E-state index is 0.153. The van der Waals surface area contributed by atoms with Gasteiger partial charge in [0.15, 0.2) is 11.9 Å². The van der Waals surface area contributed by atoms with Crippen LogP contribution in [0, 0.1) is 0 Å². The van der Waals surface area contributed by atoms with Gasteiger partial charge in [-0.3, -0.25) is 0 Å². The first-order valence-corrected chi connectivity index (χ1v) is 3.18. The average Bonchev–Trinajstić information content (AvgIpc) is 1.84. The average molecular weight is 164 g/mol. The van der Waals surface area contributed by atoms with Crippen LogP contribution in [0.25, 0.3) is 0 Å². The molecule has 0 bridgehead atoms. The van der Waals surface area contributed by atoms with Crippen molar-refractivity contribution in [2.24, 2.45) is 0 Å². The lowest BCUT2D eigenvalue weighted by Crippen LogP contribution is -2.35. The smallest absolute Gasteiger partial charge is 0.335 e. The molecular weight excluding hydrogens is 152 g/mol. The van der Waals surface area contributed by atoms with Crippen molar-refractivity contribution in [3.05, 3.63) is 0 Å². The molecule has 0 saturated carbocycles. The first-order chi connectivity index (χ1) is 4.86. The second-order valence-corrected chi connectivity index (χ2v) is 2.60. The van der Waals surface area contributed by atoms with Gasteiger partial charge >= 0.3 is 5.97 Å². The zero-order valence-corrected chi connectivity index (χ0v) is 6.19. The van der Waals surface area contributed by atoms with Gasteiger partial charge in [0.05, 0.1) is 0 Å². The molecule has 11 heavy (non-hydrogen) atoms. The summed E-state index contributed by atoms with van der Waals surface area (Å²) in [6.45, 7) is 1.11. The summed E-state index contributed by atoms with van der Waals surface area (Å²) < 4.78 is 0. The first-order valence-electron chi connectivity index (χ1n) is 3.18. The fourth-order valence-corrected chi connectivity index (χ4v) is 0.517. The van der Waals surface area contributed by atoms with Crippen LogP contribution in [0.2, 0.25) is 0 Å². The highest BCUT2D eigenvalue weighted by Crippen LogP contribution is 2.12. The van der Waals surface area contributed by atoms with Gasteiger partial charge in [0.1, 0.15) is 0 Å². The number of carboxylic acid groups (broad SMARTS) is 1. The van der Waals surface area contributed by atoms with Crippen LogP contribution >= 0.6 is 0 Å². The molecule has 0 radical (unpaired) electrons. The number of carbonyl (C=O) groups is 1. The monoisotopic (exact) mass is 164 g/mol. The van der Waals surface area contributed by atoms with E-state index in [1.54, 1.807) is 0 Å². The first kappa shape index (κ1) is 10.3. The van der Waals surface area contributed by atoms with Crippen LogP contribution in [0.3, 0.4) is 0 Å². The second kappa shape index (κ2) is 3.66. The Bertz CT molecular complexity index is 140. The molecule has 0 aromatic rings. The van der Waals surface area contributed by atoms with Crippen molar-refractivity contribution in [1.82, 2.24) is 0 Å². The molecule has 0 fully saturated rings. The van der Waals surface area contributed by atoms with Crippen molar-refractivity contribution >= 4 is 5.97 Å². The van der Waals surface area contributed by atoms with Crippen molar-refractivity contribution in [3.63, 3.8) is 0 Å². The van der Waals surface area contributed by atoms with Crippen LogP contribution in [0.1, 0.15) is 19.8 Å². The molecule has 5 heteroatoms. The predicted molar refractivity (Wildman–Crippen MR) is 35.7 cm³/mol. The van der Waals surface area contributed by atoms with Crippen LogP contribution in [0.4, 0.5) is 0 Å². The van der Waals surface area contributed by atoms with Gasteiger partial charge in [-0.15, -0.1) is 0 Å². The van der Waals surface area contributed by atoms with Gasteiger partial charge in [0, 0.05) is 6.42 Å². The van der Waals surface area contributed by atoms with Gasteiger partial charge < -0.3 is 20.4 Å². The van der Waals surface area contributed by atoms with E-state index < -0.39 is 17.9 Å². The van der Waals surface area contributed by atoms with Crippen molar-refractivity contribution < 1.29 is 25.2 Å². The molecule has 0 rings (SSSR count). The van der Waals surface area contributed by atoms with Crippen LogP contribution in [-0.2, 0) is 4.79 Å². The number of hydrogen-bond donors (Lipinski definition) is 4. The Morgan fingerprint density at radius 1 is 1.55 bits per heavy atom. The summed E-state index contributed by atoms with van der Waals surface area (Å²) in [5.41, 5.74) is -1.87. The highest BCUT2D eigenvalue weighted by Gasteiger charge is 2.29. The molecule has 0 aromatic heterocycles. The van der Waals surface area contributed by atoms with Crippen molar-refractivity contribution in [1.29, 1.82) is 0 Å². The molecule has 1 unspecified atom stereocenters. The quantitative estimate of drug-likeness (QED) is 0.396. The summed E-state index contributed by atoms with van der Waals surface area (Å²) in [5, 5.41) is 34.1. The highest BCUT2D eigenvalue weighted by molar-refractivity contribution is 5.76. The number of aliphatic hydroxyl groups is 3. The summed E-state index contributed by atoms with van der Waals surface area (Å²) in [4.78, 5) is 10.2. The molecule has 66 valence electrons. The summed E-state index contributed by atoms with van der Waals surface area (Å²) in [6, 6.07) is 0. The Hall–Kier alpha value is -0.650. The maximum absolute atomic E-state index is 10.2. The number of hydrogen-bond acceptors (Lipinski definition) is 4. The third-order valence-electron chi connectivity index (χ3n) is 1.35. The van der Waals surface area contributed by atoms with Crippen LogP contribution in [0.15, 0.2) is 0 Å². The number of aliphatic carboxylic acids is 1. The largest absolute Gasteiger partial charge is 0.479 e. The van der Waals surface area contributed by atoms with Crippen molar-refractivity contribution in [2.45, 2.75) is 31.7 Å². The third kappa shape index (κ3) is 3.92. The minimum Gasteiger partial charge on any atom is -0.479 e. The van der Waals surface area contributed by atoms with E-state index >= 15 is 0 Å². The maximum atomic E-state index is 10.2. The SMILES string of the molecule is CC(O)(CCC(O)O)C(=O)O. The van der Waals surface area contributed by atoms with E-state index in [1.165, 1.54) is 0 Å². The van der Waals surface area contributed by atoms with Gasteiger partial charge in [0.25, 0.3) is 0 Å². The molecule has 0 aromatic carbocycles. The van der Waals surface area contributed by atoms with Gasteiger partial charge in [-0.2, -0.15) is 0 Å². The maximum Gasteiger partial charge on any atom is 0.335 e. The lowest BCUT2D eigenvalue weighted by Gasteiger charge is -2.17. The van der Waals surface area contributed by atoms with E-state index in [-0.39, 0.29) is 12.8 Å². The van der Waals surface area contributed by atoms with Gasteiger partial charge in [0.2, 0.25) is 0 Å². The normalized spacial score (nSPS) is 16.5. The van der Waals surface area contributed by atoms with Crippen molar-refractivity contribution in [2.75, 3.05) is 0 Å². The van der Waals surface area contributed by atoms with Crippen LogP contribution in [-0.4, -0.2) is 38.3 Å². The predicted octanol–water partition coefficient (Wildman–Crippen LogP) is -1.09. The Labute approximate surface area is 63.9 Å². The Balaban J connectivity index is 3.83. The standard InChI is InChI=1S/C6H12O5/c1-6(11,5(9)10)3-2-4(7)8/h4,7-8,11H,2-3H2,1H3,(H,9,10). The summed E-state index contributed by atoms with van der Waals surface area (Å²) in [6.07, 6.45) is -1.90. The number of rotatable bonds is 4. The van der Waals surface area contributed by atoms with E-state index in [0.29, 0.717) is 0 Å². The molecule has 0 saturated heterocycles. The molecule has 0 aliphatic rings. The third-order valence-corrected chi connectivity index (χ3v) is 1.35. The fraction of sp³-hybridized carbons (Fsp3) is 0.833. The fourth-order valence-electron chi connectivity index (χ4n) is 0.517. The number of carboxylic acids is 1. The van der Waals surface area contributed by atoms with Crippen molar-refractivity contribution in [3.8, 4) is 0 Å². The molecule has 0 aliphatic heterocycles. The van der Waals surface area contributed by atoms with E-state index in [1.807, 2.05) is 0 Å². The van der Waals surface area contributed by atoms with Gasteiger partial charge in [-0.1, -0.05) is 0 Å².